The first-order valence-electron chi connectivity index (χ1n) is 8.68. The molecule has 1 N–H and O–H groups in total. The molecule has 1 amide bonds. The minimum absolute atomic E-state index is 0.173. The van der Waals surface area contributed by atoms with Crippen LogP contribution in [0.25, 0.3) is 0 Å². The van der Waals surface area contributed by atoms with E-state index in [2.05, 4.69) is 50.2 Å². The van der Waals surface area contributed by atoms with E-state index in [9.17, 15) is 4.79 Å². The minimum atomic E-state index is -0.173. The molecule has 1 unspecified atom stereocenters. The van der Waals surface area contributed by atoms with Crippen molar-refractivity contribution in [3.8, 4) is 0 Å². The third kappa shape index (κ3) is 3.96. The van der Waals surface area contributed by atoms with Crippen LogP contribution in [0.4, 0.5) is 11.5 Å². The number of aromatic nitrogens is 2. The topological polar surface area (TPSA) is 61.4 Å². The average Bonchev–Trinajstić information content (AvgIpc) is 2.94. The summed E-state index contributed by atoms with van der Waals surface area (Å²) in [6, 6.07) is 8.68. The highest BCUT2D eigenvalue weighted by atomic mass is 16.1. The van der Waals surface area contributed by atoms with E-state index in [1.54, 1.807) is 12.4 Å². The van der Waals surface area contributed by atoms with Gasteiger partial charge >= 0.3 is 0 Å². The van der Waals surface area contributed by atoms with Gasteiger partial charge in [-0.25, -0.2) is 9.97 Å². The molecule has 0 bridgehead atoms. The number of carbonyl (C=O) groups excluding carboxylic acids is 1. The number of hydrogen-bond acceptors (Lipinski definition) is 5. The summed E-state index contributed by atoms with van der Waals surface area (Å²) < 4.78 is 0. The summed E-state index contributed by atoms with van der Waals surface area (Å²) in [5.74, 6) is 0.606. The van der Waals surface area contributed by atoms with Crippen molar-refractivity contribution in [1.82, 2.24) is 20.2 Å². The van der Waals surface area contributed by atoms with Crippen LogP contribution in [0.5, 0.6) is 0 Å². The number of anilines is 2. The van der Waals surface area contributed by atoms with Crippen LogP contribution in [0.3, 0.4) is 0 Å². The number of carbonyl (C=O) groups is 1. The summed E-state index contributed by atoms with van der Waals surface area (Å²) in [6.07, 6.45) is 5.15. The predicted molar refractivity (Wildman–Crippen MR) is 99.3 cm³/mol. The number of nitrogens with zero attached hydrogens (tertiary/aromatic N) is 4. The fourth-order valence-corrected chi connectivity index (χ4v) is 3.17. The second-order valence-corrected chi connectivity index (χ2v) is 6.72. The lowest BCUT2D eigenvalue weighted by Crippen LogP contribution is -2.28. The molecule has 132 valence electrons. The summed E-state index contributed by atoms with van der Waals surface area (Å²) in [7, 11) is 4.03. The van der Waals surface area contributed by atoms with Crippen LogP contribution in [-0.2, 0) is 6.42 Å². The van der Waals surface area contributed by atoms with Gasteiger partial charge in [0.2, 0.25) is 0 Å². The molecule has 0 saturated carbocycles. The normalized spacial score (nSPS) is 16.2. The highest BCUT2D eigenvalue weighted by molar-refractivity contribution is 5.92. The molecular weight excluding hydrogens is 314 g/mol. The second-order valence-electron chi connectivity index (χ2n) is 6.72. The van der Waals surface area contributed by atoms with Crippen LogP contribution in [0, 0.1) is 0 Å². The SMILES string of the molecule is CC1Cc2ccccc2N1c1cnc(C(=O)NCCCN(C)C)cn1. The molecule has 6 nitrogen and oxygen atoms in total. The van der Waals surface area contributed by atoms with Gasteiger partial charge in [-0.05, 0) is 52.0 Å². The van der Waals surface area contributed by atoms with Crippen molar-refractivity contribution < 1.29 is 4.79 Å². The van der Waals surface area contributed by atoms with Crippen molar-refractivity contribution in [3.05, 3.63) is 47.9 Å². The van der Waals surface area contributed by atoms with Crippen LogP contribution in [-0.4, -0.2) is 54.0 Å². The van der Waals surface area contributed by atoms with Crippen molar-refractivity contribution in [2.75, 3.05) is 32.1 Å². The molecule has 0 aliphatic carbocycles. The molecule has 25 heavy (non-hydrogen) atoms. The lowest BCUT2D eigenvalue weighted by molar-refractivity contribution is 0.0947. The van der Waals surface area contributed by atoms with Gasteiger partial charge in [0.1, 0.15) is 5.69 Å². The second kappa shape index (κ2) is 7.61. The smallest absolute Gasteiger partial charge is 0.271 e. The molecule has 1 aliphatic heterocycles. The van der Waals surface area contributed by atoms with Crippen molar-refractivity contribution >= 4 is 17.4 Å². The Balaban J connectivity index is 1.65. The fraction of sp³-hybridized carbons (Fsp3) is 0.421. The van der Waals surface area contributed by atoms with Gasteiger partial charge in [-0.3, -0.25) is 4.79 Å². The molecule has 2 heterocycles. The first kappa shape index (κ1) is 17.4. The number of nitrogens with one attached hydrogen (secondary N) is 1. The van der Waals surface area contributed by atoms with E-state index in [-0.39, 0.29) is 5.91 Å². The molecule has 0 spiro atoms. The van der Waals surface area contributed by atoms with Crippen molar-refractivity contribution in [1.29, 1.82) is 0 Å². The lowest BCUT2D eigenvalue weighted by Gasteiger charge is -2.23. The summed E-state index contributed by atoms with van der Waals surface area (Å²) in [5.41, 5.74) is 2.85. The van der Waals surface area contributed by atoms with Gasteiger partial charge < -0.3 is 15.1 Å². The molecule has 0 saturated heterocycles. The van der Waals surface area contributed by atoms with E-state index in [1.807, 2.05) is 20.2 Å². The zero-order chi connectivity index (χ0) is 17.8. The molecule has 1 aromatic carbocycles. The van der Waals surface area contributed by atoms with E-state index < -0.39 is 0 Å². The molecule has 1 aromatic heterocycles. The van der Waals surface area contributed by atoms with Gasteiger partial charge in [0.25, 0.3) is 5.91 Å². The Bertz CT molecular complexity index is 729. The fourth-order valence-electron chi connectivity index (χ4n) is 3.17. The first-order chi connectivity index (χ1) is 12.1. The lowest BCUT2D eigenvalue weighted by atomic mass is 10.1. The summed E-state index contributed by atoms with van der Waals surface area (Å²) in [6.45, 7) is 3.75. The monoisotopic (exact) mass is 339 g/mol. The van der Waals surface area contributed by atoms with E-state index >= 15 is 0 Å². The van der Waals surface area contributed by atoms with E-state index in [4.69, 9.17) is 0 Å². The van der Waals surface area contributed by atoms with E-state index in [0.717, 1.165) is 25.2 Å². The van der Waals surface area contributed by atoms with Crippen LogP contribution >= 0.6 is 0 Å². The molecule has 1 aliphatic rings. The van der Waals surface area contributed by atoms with Gasteiger partial charge in [-0.15, -0.1) is 0 Å². The Morgan fingerprint density at radius 2 is 2.08 bits per heavy atom. The van der Waals surface area contributed by atoms with Crippen molar-refractivity contribution in [2.24, 2.45) is 0 Å². The van der Waals surface area contributed by atoms with E-state index in [1.165, 1.54) is 11.3 Å². The summed E-state index contributed by atoms with van der Waals surface area (Å²) in [4.78, 5) is 25.2. The number of hydrogen-bond donors (Lipinski definition) is 1. The molecule has 0 radical (unpaired) electrons. The third-order valence-electron chi connectivity index (χ3n) is 4.39. The minimum Gasteiger partial charge on any atom is -0.351 e. The maximum absolute atomic E-state index is 12.1. The number of amides is 1. The maximum Gasteiger partial charge on any atom is 0.271 e. The average molecular weight is 339 g/mol. The predicted octanol–water partition coefficient (Wildman–Crippen LogP) is 2.24. The van der Waals surface area contributed by atoms with Crippen LogP contribution in [0.2, 0.25) is 0 Å². The highest BCUT2D eigenvalue weighted by Gasteiger charge is 2.27. The van der Waals surface area contributed by atoms with Gasteiger partial charge in [-0.1, -0.05) is 18.2 Å². The number of rotatable bonds is 6. The Labute approximate surface area is 148 Å². The Kier molecular flexibility index (Phi) is 5.28. The zero-order valence-corrected chi connectivity index (χ0v) is 15.1. The van der Waals surface area contributed by atoms with Gasteiger partial charge in [-0.2, -0.15) is 0 Å². The largest absolute Gasteiger partial charge is 0.351 e. The quantitative estimate of drug-likeness (QED) is 0.818. The van der Waals surface area contributed by atoms with Gasteiger partial charge in [0.15, 0.2) is 5.82 Å². The Morgan fingerprint density at radius 3 is 2.80 bits per heavy atom. The number of fused-ring (bicyclic) bond motifs is 1. The number of benzene rings is 1. The zero-order valence-electron chi connectivity index (χ0n) is 15.1. The maximum atomic E-state index is 12.1. The standard InChI is InChI=1S/C19H25N5O/c1-14-11-15-7-4-5-8-17(15)24(14)18-13-21-16(12-22-18)19(25)20-9-6-10-23(2)3/h4-5,7-8,12-14H,6,9-11H2,1-3H3,(H,20,25). The van der Waals surface area contributed by atoms with Crippen LogP contribution in [0.15, 0.2) is 36.7 Å². The van der Waals surface area contributed by atoms with Gasteiger partial charge in [0.05, 0.1) is 12.4 Å². The van der Waals surface area contributed by atoms with Gasteiger partial charge in [0, 0.05) is 18.3 Å². The Hall–Kier alpha value is -2.47. The molecule has 6 heteroatoms. The highest BCUT2D eigenvalue weighted by Crippen LogP contribution is 2.36. The van der Waals surface area contributed by atoms with Crippen molar-refractivity contribution in [3.63, 3.8) is 0 Å². The van der Waals surface area contributed by atoms with E-state index in [0.29, 0.717) is 18.3 Å². The molecule has 2 aromatic rings. The Morgan fingerprint density at radius 1 is 1.28 bits per heavy atom. The number of para-hydroxylation sites is 1. The molecule has 3 rings (SSSR count). The summed E-state index contributed by atoms with van der Waals surface area (Å²) in [5, 5.41) is 2.89. The van der Waals surface area contributed by atoms with Crippen LogP contribution in [0.1, 0.15) is 29.4 Å². The molecule has 0 fully saturated rings. The van der Waals surface area contributed by atoms with Crippen molar-refractivity contribution in [2.45, 2.75) is 25.8 Å². The first-order valence-corrected chi connectivity index (χ1v) is 8.68. The molecular formula is C19H25N5O. The third-order valence-corrected chi connectivity index (χ3v) is 4.39. The van der Waals surface area contributed by atoms with Crippen LogP contribution < -0.4 is 10.2 Å². The summed E-state index contributed by atoms with van der Waals surface area (Å²) >= 11 is 0. The molecule has 1 atom stereocenters.